The van der Waals surface area contributed by atoms with Gasteiger partial charge in [-0.15, -0.1) is 0 Å². The van der Waals surface area contributed by atoms with Gasteiger partial charge in [0.2, 0.25) is 0 Å². The smallest absolute Gasteiger partial charge is 0.192 e. The van der Waals surface area contributed by atoms with Crippen LogP contribution in [0.3, 0.4) is 0 Å². The standard InChI is InChI=1S/C16H28O3/c1-2-3-4-5-6-7-8-9-10-11-12-13-15(18)16(19)14-17/h11-14,17-19H,2-10H2,1H3. The third-order valence-corrected chi connectivity index (χ3v) is 3.00. The van der Waals surface area contributed by atoms with Crippen molar-refractivity contribution in [3.05, 3.63) is 36.0 Å². The van der Waals surface area contributed by atoms with E-state index < -0.39 is 5.76 Å². The SMILES string of the molecule is CCCCCCCCCCC=CC=C(O)C(O)=CO. The maximum atomic E-state index is 9.19. The summed E-state index contributed by atoms with van der Waals surface area (Å²) in [5.74, 6) is -0.841. The molecule has 0 aromatic rings. The highest BCUT2D eigenvalue weighted by Gasteiger charge is 1.96. The molecule has 0 aromatic carbocycles. The summed E-state index contributed by atoms with van der Waals surface area (Å²) in [6.45, 7) is 2.23. The normalized spacial score (nSPS) is 13.3. The molecule has 0 aliphatic carbocycles. The number of aliphatic hydroxyl groups excluding tert-OH is 3. The van der Waals surface area contributed by atoms with E-state index in [4.69, 9.17) is 10.2 Å². The lowest BCUT2D eigenvalue weighted by Crippen LogP contribution is -1.85. The molecule has 0 aromatic heterocycles. The van der Waals surface area contributed by atoms with Gasteiger partial charge in [-0.3, -0.25) is 0 Å². The first kappa shape index (κ1) is 17.6. The van der Waals surface area contributed by atoms with Crippen LogP contribution in [0.1, 0.15) is 64.7 Å². The van der Waals surface area contributed by atoms with E-state index in [2.05, 4.69) is 6.92 Å². The molecule has 0 aliphatic rings. The van der Waals surface area contributed by atoms with E-state index in [1.807, 2.05) is 6.08 Å². The maximum Gasteiger partial charge on any atom is 0.192 e. The monoisotopic (exact) mass is 268 g/mol. The lowest BCUT2D eigenvalue weighted by molar-refractivity contribution is 0.304. The predicted octanol–water partition coefficient (Wildman–Crippen LogP) is 5.47. The highest BCUT2D eigenvalue weighted by molar-refractivity contribution is 5.20. The first-order valence-corrected chi connectivity index (χ1v) is 7.31. The number of rotatable bonds is 11. The van der Waals surface area contributed by atoms with Crippen molar-refractivity contribution in [2.45, 2.75) is 64.7 Å². The van der Waals surface area contributed by atoms with Crippen molar-refractivity contribution < 1.29 is 15.3 Å². The lowest BCUT2D eigenvalue weighted by Gasteiger charge is -1.99. The molecule has 0 saturated carbocycles. The van der Waals surface area contributed by atoms with Crippen LogP contribution >= 0.6 is 0 Å². The second-order valence-corrected chi connectivity index (χ2v) is 4.76. The number of hydrogen-bond donors (Lipinski definition) is 3. The van der Waals surface area contributed by atoms with Gasteiger partial charge >= 0.3 is 0 Å². The molecular formula is C16H28O3. The molecule has 0 aliphatic heterocycles. The fraction of sp³-hybridized carbons (Fsp3) is 0.625. The van der Waals surface area contributed by atoms with Crippen LogP contribution in [0.15, 0.2) is 36.0 Å². The van der Waals surface area contributed by atoms with Crippen LogP contribution in [0.2, 0.25) is 0 Å². The fourth-order valence-corrected chi connectivity index (χ4v) is 1.80. The van der Waals surface area contributed by atoms with Gasteiger partial charge in [-0.05, 0) is 18.9 Å². The number of aliphatic hydroxyl groups is 3. The van der Waals surface area contributed by atoms with Crippen molar-refractivity contribution in [1.82, 2.24) is 0 Å². The zero-order valence-corrected chi connectivity index (χ0v) is 12.0. The summed E-state index contributed by atoms with van der Waals surface area (Å²) < 4.78 is 0. The Bertz CT molecular complexity index is 290. The van der Waals surface area contributed by atoms with Crippen LogP contribution in [0.5, 0.6) is 0 Å². The lowest BCUT2D eigenvalue weighted by atomic mass is 10.1. The molecule has 0 spiro atoms. The van der Waals surface area contributed by atoms with E-state index in [0.717, 1.165) is 12.8 Å². The fourth-order valence-electron chi connectivity index (χ4n) is 1.80. The van der Waals surface area contributed by atoms with Crippen molar-refractivity contribution >= 4 is 0 Å². The summed E-state index contributed by atoms with van der Waals surface area (Å²) in [6, 6.07) is 0. The Hall–Kier alpha value is -1.38. The molecule has 0 rings (SSSR count). The molecule has 0 amide bonds. The van der Waals surface area contributed by atoms with Gasteiger partial charge in [0.05, 0.1) is 0 Å². The molecule has 0 unspecified atom stereocenters. The van der Waals surface area contributed by atoms with Crippen LogP contribution in [-0.4, -0.2) is 15.3 Å². The van der Waals surface area contributed by atoms with Gasteiger partial charge in [0, 0.05) is 0 Å². The zero-order chi connectivity index (χ0) is 14.3. The van der Waals surface area contributed by atoms with E-state index in [1.165, 1.54) is 51.0 Å². The minimum atomic E-state index is -0.517. The Morgan fingerprint density at radius 2 is 1.42 bits per heavy atom. The largest absolute Gasteiger partial charge is 0.512 e. The predicted molar refractivity (Wildman–Crippen MR) is 80.4 cm³/mol. The van der Waals surface area contributed by atoms with Crippen molar-refractivity contribution in [2.24, 2.45) is 0 Å². The number of hydrogen-bond acceptors (Lipinski definition) is 3. The Labute approximate surface area is 117 Å². The van der Waals surface area contributed by atoms with E-state index in [9.17, 15) is 5.11 Å². The van der Waals surface area contributed by atoms with Crippen LogP contribution < -0.4 is 0 Å². The van der Waals surface area contributed by atoms with E-state index >= 15 is 0 Å². The highest BCUT2D eigenvalue weighted by Crippen LogP contribution is 2.10. The summed E-state index contributed by atoms with van der Waals surface area (Å²) in [4.78, 5) is 0. The molecule has 0 heterocycles. The molecule has 110 valence electrons. The van der Waals surface area contributed by atoms with Crippen LogP contribution in [-0.2, 0) is 0 Å². The Morgan fingerprint density at radius 3 is 2.00 bits per heavy atom. The quantitative estimate of drug-likeness (QED) is 0.264. The Kier molecular flexibility index (Phi) is 12.1. The Morgan fingerprint density at radius 1 is 0.842 bits per heavy atom. The van der Waals surface area contributed by atoms with Crippen molar-refractivity contribution in [2.75, 3.05) is 0 Å². The maximum absolute atomic E-state index is 9.19. The first-order chi connectivity index (χ1) is 9.22. The van der Waals surface area contributed by atoms with Crippen molar-refractivity contribution in [1.29, 1.82) is 0 Å². The molecule has 0 atom stereocenters. The van der Waals surface area contributed by atoms with Gasteiger partial charge in [0.15, 0.2) is 11.5 Å². The third-order valence-electron chi connectivity index (χ3n) is 3.00. The van der Waals surface area contributed by atoms with Crippen molar-refractivity contribution in [3.63, 3.8) is 0 Å². The summed E-state index contributed by atoms with van der Waals surface area (Å²) in [5.41, 5.74) is 0. The van der Waals surface area contributed by atoms with Crippen LogP contribution in [0, 0.1) is 0 Å². The van der Waals surface area contributed by atoms with Crippen molar-refractivity contribution in [3.8, 4) is 0 Å². The Balaban J connectivity index is 3.44. The summed E-state index contributed by atoms with van der Waals surface area (Å²) in [5, 5.41) is 26.6. The third kappa shape index (κ3) is 11.4. The average molecular weight is 268 g/mol. The zero-order valence-electron chi connectivity index (χ0n) is 12.0. The molecule has 3 heteroatoms. The molecule has 0 fully saturated rings. The molecule has 3 N–H and O–H groups in total. The number of allylic oxidation sites excluding steroid dienone is 3. The highest BCUT2D eigenvalue weighted by atomic mass is 16.3. The first-order valence-electron chi connectivity index (χ1n) is 7.31. The average Bonchev–Trinajstić information content (AvgIpc) is 2.43. The minimum absolute atomic E-state index is 0.324. The second-order valence-electron chi connectivity index (χ2n) is 4.76. The molecule has 0 saturated heterocycles. The molecular weight excluding hydrogens is 240 g/mol. The number of unbranched alkanes of at least 4 members (excludes halogenated alkanes) is 8. The van der Waals surface area contributed by atoms with Crippen LogP contribution in [0.25, 0.3) is 0 Å². The molecule has 0 radical (unpaired) electrons. The molecule has 3 nitrogen and oxygen atoms in total. The second kappa shape index (κ2) is 13.1. The molecule has 19 heavy (non-hydrogen) atoms. The summed E-state index contributed by atoms with van der Waals surface area (Å²) >= 11 is 0. The van der Waals surface area contributed by atoms with Gasteiger partial charge < -0.3 is 15.3 Å². The van der Waals surface area contributed by atoms with E-state index in [-0.39, 0.29) is 5.76 Å². The summed E-state index contributed by atoms with van der Waals surface area (Å²) in [7, 11) is 0. The van der Waals surface area contributed by atoms with Crippen LogP contribution in [0.4, 0.5) is 0 Å². The summed E-state index contributed by atoms with van der Waals surface area (Å²) in [6.07, 6.45) is 16.9. The minimum Gasteiger partial charge on any atom is -0.512 e. The van der Waals surface area contributed by atoms with Gasteiger partial charge in [0.1, 0.15) is 6.26 Å². The van der Waals surface area contributed by atoms with E-state index in [1.54, 1.807) is 6.08 Å². The van der Waals surface area contributed by atoms with Gasteiger partial charge in [0.25, 0.3) is 0 Å². The topological polar surface area (TPSA) is 60.7 Å². The molecule has 0 bridgehead atoms. The van der Waals surface area contributed by atoms with Gasteiger partial charge in [-0.25, -0.2) is 0 Å². The van der Waals surface area contributed by atoms with Gasteiger partial charge in [-0.1, -0.05) is 64.0 Å². The van der Waals surface area contributed by atoms with Gasteiger partial charge in [-0.2, -0.15) is 0 Å². The van der Waals surface area contributed by atoms with E-state index in [0.29, 0.717) is 6.26 Å².